The molecule has 0 radical (unpaired) electrons. The first-order valence-electron chi connectivity index (χ1n) is 8.63. The Morgan fingerprint density at radius 2 is 1.93 bits per heavy atom. The van der Waals surface area contributed by atoms with Crippen LogP contribution in [0.25, 0.3) is 0 Å². The number of aromatic nitrogens is 3. The summed E-state index contributed by atoms with van der Waals surface area (Å²) in [5, 5.41) is 15.0. The minimum absolute atomic E-state index is 0.157. The fourth-order valence-corrected chi connectivity index (χ4v) is 3.84. The lowest BCUT2D eigenvalue weighted by Gasteiger charge is -2.07. The molecule has 11 heteroatoms. The van der Waals surface area contributed by atoms with E-state index in [-0.39, 0.29) is 24.1 Å². The number of nitrogens with zero attached hydrogens (tertiary/aromatic N) is 3. The molecule has 1 aromatic heterocycles. The summed E-state index contributed by atoms with van der Waals surface area (Å²) in [6.45, 7) is 0.174. The molecule has 1 heterocycles. The topological polar surface area (TPSA) is 88.9 Å². The normalized spacial score (nSPS) is 10.7. The molecule has 3 rings (SSSR count). The van der Waals surface area contributed by atoms with Gasteiger partial charge in [0.15, 0.2) is 11.0 Å². The van der Waals surface area contributed by atoms with E-state index in [4.69, 9.17) is 23.2 Å². The van der Waals surface area contributed by atoms with E-state index in [0.717, 1.165) is 4.47 Å². The first kappa shape index (κ1) is 22.6. The van der Waals surface area contributed by atoms with Crippen LogP contribution in [-0.2, 0) is 18.4 Å². The SMILES string of the molecule is Cn1c(CNC(=O)c2ccc(Cl)c(Cl)c2)nnc1SCC(=O)Nc1cccc(Br)c1. The first-order valence-corrected chi connectivity index (χ1v) is 11.2. The van der Waals surface area contributed by atoms with Gasteiger partial charge in [-0.05, 0) is 36.4 Å². The van der Waals surface area contributed by atoms with Crippen LogP contribution in [0.15, 0.2) is 52.1 Å². The van der Waals surface area contributed by atoms with E-state index in [1.807, 2.05) is 24.3 Å². The summed E-state index contributed by atoms with van der Waals surface area (Å²) in [7, 11) is 1.77. The van der Waals surface area contributed by atoms with Gasteiger partial charge in [-0.3, -0.25) is 9.59 Å². The van der Waals surface area contributed by atoms with Crippen LogP contribution < -0.4 is 10.6 Å². The molecule has 3 aromatic rings. The standard InChI is InChI=1S/C19H16BrCl2N5O2S/c1-27-16(9-23-18(29)11-5-6-14(21)15(22)7-11)25-26-19(27)30-10-17(28)24-13-4-2-3-12(20)8-13/h2-8H,9-10H2,1H3,(H,23,29)(H,24,28). The second-order valence-electron chi connectivity index (χ2n) is 6.12. The summed E-state index contributed by atoms with van der Waals surface area (Å²) >= 11 is 16.4. The third-order valence-corrected chi connectivity index (χ3v) is 6.21. The summed E-state index contributed by atoms with van der Waals surface area (Å²) in [5.74, 6) is 0.266. The molecule has 0 spiro atoms. The summed E-state index contributed by atoms with van der Waals surface area (Å²) in [4.78, 5) is 24.4. The number of rotatable bonds is 7. The number of nitrogens with one attached hydrogen (secondary N) is 2. The Kier molecular flexibility index (Phi) is 7.76. The minimum atomic E-state index is -0.306. The van der Waals surface area contributed by atoms with E-state index in [2.05, 4.69) is 36.8 Å². The van der Waals surface area contributed by atoms with Crippen molar-refractivity contribution in [3.63, 3.8) is 0 Å². The van der Waals surface area contributed by atoms with Crippen molar-refractivity contribution in [3.8, 4) is 0 Å². The maximum Gasteiger partial charge on any atom is 0.251 e. The van der Waals surface area contributed by atoms with E-state index in [1.165, 1.54) is 17.8 Å². The summed E-state index contributed by atoms with van der Waals surface area (Å²) in [6.07, 6.45) is 0. The van der Waals surface area contributed by atoms with Gasteiger partial charge in [-0.2, -0.15) is 0 Å². The zero-order valence-corrected chi connectivity index (χ0v) is 19.6. The molecule has 7 nitrogen and oxygen atoms in total. The highest BCUT2D eigenvalue weighted by atomic mass is 79.9. The summed E-state index contributed by atoms with van der Waals surface area (Å²) in [5.41, 5.74) is 1.10. The molecule has 30 heavy (non-hydrogen) atoms. The Morgan fingerprint density at radius 3 is 2.67 bits per heavy atom. The quantitative estimate of drug-likeness (QED) is 0.439. The molecular formula is C19H16BrCl2N5O2S. The zero-order chi connectivity index (χ0) is 21.7. The van der Waals surface area contributed by atoms with Crippen LogP contribution in [0.4, 0.5) is 5.69 Å². The Morgan fingerprint density at radius 1 is 1.13 bits per heavy atom. The molecule has 2 amide bonds. The molecule has 0 bridgehead atoms. The van der Waals surface area contributed by atoms with Gasteiger partial charge in [-0.1, -0.05) is 57.0 Å². The minimum Gasteiger partial charge on any atom is -0.345 e. The number of amides is 2. The van der Waals surface area contributed by atoms with Gasteiger partial charge in [-0.15, -0.1) is 10.2 Å². The number of carbonyl (C=O) groups excluding carboxylic acids is 2. The number of halogens is 3. The van der Waals surface area contributed by atoms with Crippen molar-refractivity contribution in [1.82, 2.24) is 20.1 Å². The molecule has 0 unspecified atom stereocenters. The second kappa shape index (κ2) is 10.3. The number of hydrogen-bond acceptors (Lipinski definition) is 5. The van der Waals surface area contributed by atoms with Gasteiger partial charge in [0.2, 0.25) is 5.91 Å². The van der Waals surface area contributed by atoms with Gasteiger partial charge >= 0.3 is 0 Å². The molecule has 156 valence electrons. The predicted molar refractivity (Wildman–Crippen MR) is 122 cm³/mol. The van der Waals surface area contributed by atoms with Gasteiger partial charge < -0.3 is 15.2 Å². The monoisotopic (exact) mass is 527 g/mol. The van der Waals surface area contributed by atoms with Crippen molar-refractivity contribution in [1.29, 1.82) is 0 Å². The largest absolute Gasteiger partial charge is 0.345 e. The van der Waals surface area contributed by atoms with E-state index in [1.54, 1.807) is 23.7 Å². The number of anilines is 1. The van der Waals surface area contributed by atoms with Crippen LogP contribution in [0.1, 0.15) is 16.2 Å². The number of hydrogen-bond donors (Lipinski definition) is 2. The van der Waals surface area contributed by atoms with E-state index in [9.17, 15) is 9.59 Å². The molecule has 0 aliphatic rings. The lowest BCUT2D eigenvalue weighted by Crippen LogP contribution is -2.24. The van der Waals surface area contributed by atoms with Crippen molar-refractivity contribution >= 4 is 68.4 Å². The molecule has 0 atom stereocenters. The Hall–Kier alpha value is -2.07. The highest BCUT2D eigenvalue weighted by Gasteiger charge is 2.14. The van der Waals surface area contributed by atoms with Crippen LogP contribution in [0.5, 0.6) is 0 Å². The smallest absolute Gasteiger partial charge is 0.251 e. The van der Waals surface area contributed by atoms with Crippen LogP contribution >= 0.6 is 50.9 Å². The molecule has 0 saturated carbocycles. The van der Waals surface area contributed by atoms with Crippen LogP contribution in [-0.4, -0.2) is 32.3 Å². The maximum absolute atomic E-state index is 12.3. The zero-order valence-electron chi connectivity index (χ0n) is 15.7. The summed E-state index contributed by atoms with van der Waals surface area (Å²) in [6, 6.07) is 12.0. The number of benzene rings is 2. The van der Waals surface area contributed by atoms with Gasteiger partial charge in [-0.25, -0.2) is 0 Å². The fourth-order valence-electron chi connectivity index (χ4n) is 2.42. The molecule has 2 aromatic carbocycles. The van der Waals surface area contributed by atoms with Crippen LogP contribution in [0, 0.1) is 0 Å². The van der Waals surface area contributed by atoms with E-state index in [0.29, 0.717) is 32.3 Å². The van der Waals surface area contributed by atoms with Gasteiger partial charge in [0.1, 0.15) is 0 Å². The molecule has 0 saturated heterocycles. The highest BCUT2D eigenvalue weighted by molar-refractivity contribution is 9.10. The van der Waals surface area contributed by atoms with Gasteiger partial charge in [0, 0.05) is 22.8 Å². The number of carbonyl (C=O) groups is 2. The molecule has 0 aliphatic heterocycles. The summed E-state index contributed by atoms with van der Waals surface area (Å²) < 4.78 is 2.61. The number of thioether (sulfide) groups is 1. The van der Waals surface area contributed by atoms with E-state index >= 15 is 0 Å². The van der Waals surface area contributed by atoms with Crippen molar-refractivity contribution < 1.29 is 9.59 Å². The maximum atomic E-state index is 12.3. The Labute approximate surface area is 195 Å². The van der Waals surface area contributed by atoms with Crippen LogP contribution in [0.2, 0.25) is 10.0 Å². The lowest BCUT2D eigenvalue weighted by molar-refractivity contribution is -0.113. The van der Waals surface area contributed by atoms with Crippen molar-refractivity contribution in [2.75, 3.05) is 11.1 Å². The van der Waals surface area contributed by atoms with Crippen LogP contribution in [0.3, 0.4) is 0 Å². The predicted octanol–water partition coefficient (Wildman–Crippen LogP) is 4.55. The van der Waals surface area contributed by atoms with E-state index < -0.39 is 0 Å². The molecule has 2 N–H and O–H groups in total. The lowest BCUT2D eigenvalue weighted by atomic mass is 10.2. The Bertz CT molecular complexity index is 1090. The molecular weight excluding hydrogens is 513 g/mol. The van der Waals surface area contributed by atoms with Crippen molar-refractivity contribution in [2.45, 2.75) is 11.7 Å². The third kappa shape index (κ3) is 5.98. The fraction of sp³-hybridized carbons (Fsp3) is 0.158. The first-order chi connectivity index (χ1) is 14.3. The van der Waals surface area contributed by atoms with Gasteiger partial charge in [0.05, 0.1) is 22.3 Å². The highest BCUT2D eigenvalue weighted by Crippen LogP contribution is 2.23. The van der Waals surface area contributed by atoms with Crippen molar-refractivity contribution in [3.05, 3.63) is 68.4 Å². The van der Waals surface area contributed by atoms with Gasteiger partial charge in [0.25, 0.3) is 5.91 Å². The Balaban J connectivity index is 1.53. The average Bonchev–Trinajstić information content (AvgIpc) is 3.06. The average molecular weight is 529 g/mol. The molecule has 0 fully saturated rings. The van der Waals surface area contributed by atoms with Crippen molar-refractivity contribution in [2.24, 2.45) is 7.05 Å². The third-order valence-electron chi connectivity index (χ3n) is 3.95. The molecule has 0 aliphatic carbocycles. The second-order valence-corrected chi connectivity index (χ2v) is 8.79.